The van der Waals surface area contributed by atoms with Crippen LogP contribution in [0.3, 0.4) is 0 Å². The van der Waals surface area contributed by atoms with Crippen LogP contribution in [0.25, 0.3) is 0 Å². The van der Waals surface area contributed by atoms with Crippen molar-refractivity contribution in [1.29, 1.82) is 0 Å². The van der Waals surface area contributed by atoms with Crippen molar-refractivity contribution in [3.63, 3.8) is 0 Å². The second-order valence-electron chi connectivity index (χ2n) is 5.00. The van der Waals surface area contributed by atoms with Crippen LogP contribution in [0.4, 0.5) is 23.7 Å². The van der Waals surface area contributed by atoms with E-state index in [0.29, 0.717) is 6.42 Å². The van der Waals surface area contributed by atoms with Gasteiger partial charge in [-0.25, -0.2) is 9.18 Å². The van der Waals surface area contributed by atoms with Crippen LogP contribution in [-0.4, -0.2) is 26.3 Å². The van der Waals surface area contributed by atoms with E-state index in [9.17, 15) is 18.0 Å². The smallest absolute Gasteiger partial charge is 0.387 e. The fourth-order valence-electron chi connectivity index (χ4n) is 2.13. The summed E-state index contributed by atoms with van der Waals surface area (Å²) in [5, 5.41) is 5.10. The maximum atomic E-state index is 13.1. The molecule has 0 unspecified atom stereocenters. The number of anilines is 1. The third-order valence-electron chi connectivity index (χ3n) is 3.23. The summed E-state index contributed by atoms with van der Waals surface area (Å²) < 4.78 is 47.1. The molecule has 2 aromatic rings. The van der Waals surface area contributed by atoms with Gasteiger partial charge in [0.15, 0.2) is 11.5 Å². The van der Waals surface area contributed by atoms with Crippen LogP contribution in [0.1, 0.15) is 5.56 Å². The van der Waals surface area contributed by atoms with E-state index in [1.165, 1.54) is 37.4 Å². The monoisotopic (exact) mass is 354 g/mol. The Labute approximate surface area is 142 Å². The zero-order chi connectivity index (χ0) is 18.2. The van der Waals surface area contributed by atoms with Gasteiger partial charge in [0, 0.05) is 18.3 Å². The van der Waals surface area contributed by atoms with Crippen LogP contribution in [-0.2, 0) is 6.42 Å². The molecule has 2 amide bonds. The number of rotatable bonds is 7. The zero-order valence-electron chi connectivity index (χ0n) is 13.4. The van der Waals surface area contributed by atoms with Crippen molar-refractivity contribution >= 4 is 11.7 Å². The first-order valence-electron chi connectivity index (χ1n) is 7.40. The first-order chi connectivity index (χ1) is 12.0. The number of hydrogen-bond acceptors (Lipinski definition) is 3. The summed E-state index contributed by atoms with van der Waals surface area (Å²) in [5.41, 5.74) is 1.01. The largest absolute Gasteiger partial charge is 0.493 e. The highest BCUT2D eigenvalue weighted by atomic mass is 19.3. The summed E-state index contributed by atoms with van der Waals surface area (Å²) in [6.07, 6.45) is 0.452. The fourth-order valence-corrected chi connectivity index (χ4v) is 2.13. The normalized spacial score (nSPS) is 10.4. The lowest BCUT2D eigenvalue weighted by atomic mass is 10.1. The Balaban J connectivity index is 1.89. The van der Waals surface area contributed by atoms with Crippen LogP contribution in [0.2, 0.25) is 0 Å². The molecule has 0 aliphatic rings. The molecule has 0 heterocycles. The first kappa shape index (κ1) is 18.4. The number of urea groups is 1. The quantitative estimate of drug-likeness (QED) is 0.795. The maximum Gasteiger partial charge on any atom is 0.387 e. The lowest BCUT2D eigenvalue weighted by molar-refractivity contribution is -0.0511. The zero-order valence-corrected chi connectivity index (χ0v) is 13.4. The molecule has 2 rings (SSSR count). The number of amides is 2. The van der Waals surface area contributed by atoms with Crippen LogP contribution < -0.4 is 20.1 Å². The van der Waals surface area contributed by atoms with Crippen molar-refractivity contribution in [2.75, 3.05) is 19.0 Å². The number of nitrogens with one attached hydrogen (secondary N) is 2. The summed E-state index contributed by atoms with van der Waals surface area (Å²) in [5.74, 6) is -0.404. The van der Waals surface area contributed by atoms with Crippen LogP contribution in [0.15, 0.2) is 42.5 Å². The molecule has 0 fully saturated rings. The van der Waals surface area contributed by atoms with Gasteiger partial charge in [-0.15, -0.1) is 0 Å². The average molecular weight is 354 g/mol. The van der Waals surface area contributed by atoms with E-state index >= 15 is 0 Å². The Morgan fingerprint density at radius 3 is 2.64 bits per heavy atom. The fraction of sp³-hybridized carbons (Fsp3) is 0.235. The average Bonchev–Trinajstić information content (AvgIpc) is 2.54. The van der Waals surface area contributed by atoms with Gasteiger partial charge in [0.2, 0.25) is 0 Å². The third-order valence-corrected chi connectivity index (χ3v) is 3.23. The van der Waals surface area contributed by atoms with E-state index in [4.69, 9.17) is 4.74 Å². The van der Waals surface area contributed by atoms with Gasteiger partial charge < -0.3 is 20.1 Å². The minimum absolute atomic E-state index is 0.123. The number of ether oxygens (including phenoxy) is 2. The van der Waals surface area contributed by atoms with Crippen molar-refractivity contribution in [2.45, 2.75) is 13.0 Å². The molecule has 0 aliphatic carbocycles. The molecule has 8 heteroatoms. The molecule has 0 aromatic heterocycles. The van der Waals surface area contributed by atoms with Crippen molar-refractivity contribution in [3.05, 3.63) is 53.8 Å². The van der Waals surface area contributed by atoms with Crippen molar-refractivity contribution in [1.82, 2.24) is 5.32 Å². The van der Waals surface area contributed by atoms with Gasteiger partial charge in [-0.05, 0) is 36.2 Å². The Morgan fingerprint density at radius 2 is 1.96 bits per heavy atom. The van der Waals surface area contributed by atoms with Crippen LogP contribution in [0.5, 0.6) is 11.5 Å². The van der Waals surface area contributed by atoms with E-state index < -0.39 is 12.6 Å². The lowest BCUT2D eigenvalue weighted by Crippen LogP contribution is -2.30. The SMILES string of the molecule is COc1ccc(NC(=O)NCCc2cccc(F)c2)cc1OC(F)F. The molecule has 0 spiro atoms. The van der Waals surface area contributed by atoms with Gasteiger partial charge in [0.05, 0.1) is 7.11 Å². The van der Waals surface area contributed by atoms with Gasteiger partial charge in [-0.2, -0.15) is 8.78 Å². The molecule has 25 heavy (non-hydrogen) atoms. The third kappa shape index (κ3) is 5.91. The Bertz CT molecular complexity index is 726. The highest BCUT2D eigenvalue weighted by Gasteiger charge is 2.12. The van der Waals surface area contributed by atoms with Crippen molar-refractivity contribution < 1.29 is 27.4 Å². The summed E-state index contributed by atoms with van der Waals surface area (Å²) in [6, 6.07) is 9.67. The van der Waals surface area contributed by atoms with Crippen LogP contribution in [0, 0.1) is 5.82 Å². The molecule has 0 saturated heterocycles. The highest BCUT2D eigenvalue weighted by molar-refractivity contribution is 5.89. The van der Waals surface area contributed by atoms with E-state index in [-0.39, 0.29) is 29.5 Å². The van der Waals surface area contributed by atoms with Gasteiger partial charge in [0.1, 0.15) is 5.82 Å². The first-order valence-corrected chi connectivity index (χ1v) is 7.40. The molecule has 0 saturated carbocycles. The minimum atomic E-state index is -3.01. The van der Waals surface area contributed by atoms with E-state index in [0.717, 1.165) is 5.56 Å². The van der Waals surface area contributed by atoms with Gasteiger partial charge in [-0.1, -0.05) is 12.1 Å². The number of methoxy groups -OCH3 is 1. The maximum absolute atomic E-state index is 13.1. The van der Waals surface area contributed by atoms with Gasteiger partial charge in [-0.3, -0.25) is 0 Å². The number of benzene rings is 2. The highest BCUT2D eigenvalue weighted by Crippen LogP contribution is 2.31. The number of carbonyl (C=O) groups excluding carboxylic acids is 1. The Hall–Kier alpha value is -2.90. The second-order valence-corrected chi connectivity index (χ2v) is 5.00. The molecule has 0 aliphatic heterocycles. The standard InChI is InChI=1S/C17H17F3N2O3/c1-24-14-6-5-13(10-15(14)25-16(19)20)22-17(23)21-8-7-11-3-2-4-12(18)9-11/h2-6,9-10,16H,7-8H2,1H3,(H2,21,22,23). The molecule has 2 aromatic carbocycles. The topological polar surface area (TPSA) is 59.6 Å². The number of alkyl halides is 2. The molecule has 0 bridgehead atoms. The number of halogens is 3. The minimum Gasteiger partial charge on any atom is -0.493 e. The molecular formula is C17H17F3N2O3. The predicted molar refractivity (Wildman–Crippen MR) is 86.8 cm³/mol. The summed E-state index contributed by atoms with van der Waals surface area (Å²) in [4.78, 5) is 11.8. The van der Waals surface area contributed by atoms with E-state index in [1.807, 2.05) is 0 Å². The van der Waals surface area contributed by atoms with E-state index in [1.54, 1.807) is 12.1 Å². The lowest BCUT2D eigenvalue weighted by Gasteiger charge is -2.12. The predicted octanol–water partition coefficient (Wildman–Crippen LogP) is 3.80. The number of hydrogen-bond donors (Lipinski definition) is 2. The summed E-state index contributed by atoms with van der Waals surface area (Å²) in [7, 11) is 1.32. The molecule has 0 radical (unpaired) electrons. The summed E-state index contributed by atoms with van der Waals surface area (Å²) >= 11 is 0. The second kappa shape index (κ2) is 8.81. The van der Waals surface area contributed by atoms with Crippen LogP contribution >= 0.6 is 0 Å². The van der Waals surface area contributed by atoms with Crippen molar-refractivity contribution in [2.24, 2.45) is 0 Å². The van der Waals surface area contributed by atoms with Gasteiger partial charge in [0.25, 0.3) is 0 Å². The van der Waals surface area contributed by atoms with Gasteiger partial charge >= 0.3 is 12.6 Å². The Kier molecular flexibility index (Phi) is 6.50. The molecule has 0 atom stereocenters. The Morgan fingerprint density at radius 1 is 1.16 bits per heavy atom. The van der Waals surface area contributed by atoms with Crippen molar-refractivity contribution in [3.8, 4) is 11.5 Å². The summed E-state index contributed by atoms with van der Waals surface area (Å²) in [6.45, 7) is -2.73. The van der Waals surface area contributed by atoms with E-state index in [2.05, 4.69) is 15.4 Å². The molecular weight excluding hydrogens is 337 g/mol. The number of carbonyl (C=O) groups is 1. The molecule has 134 valence electrons. The molecule has 2 N–H and O–H groups in total. The molecule has 5 nitrogen and oxygen atoms in total.